The van der Waals surface area contributed by atoms with E-state index in [2.05, 4.69) is 4.98 Å². The second-order valence-corrected chi connectivity index (χ2v) is 2.14. The summed E-state index contributed by atoms with van der Waals surface area (Å²) >= 11 is 0. The molecule has 0 aliphatic carbocycles. The summed E-state index contributed by atoms with van der Waals surface area (Å²) in [5, 5.41) is 0. The highest BCUT2D eigenvalue weighted by molar-refractivity contribution is 5.62. The number of rotatable bonds is 2. The Morgan fingerprint density at radius 2 is 2.36 bits per heavy atom. The Morgan fingerprint density at radius 1 is 1.55 bits per heavy atom. The van der Waals surface area contributed by atoms with E-state index in [9.17, 15) is 0 Å². The molecular formula is C8H11N3. The van der Waals surface area contributed by atoms with Gasteiger partial charge in [0.15, 0.2) is 0 Å². The molecule has 0 fully saturated rings. The van der Waals surface area contributed by atoms with Crippen LogP contribution in [0.2, 0.25) is 0 Å². The van der Waals surface area contributed by atoms with Crippen molar-refractivity contribution >= 4 is 11.8 Å². The molecule has 11 heavy (non-hydrogen) atoms. The second kappa shape index (κ2) is 3.73. The zero-order valence-electron chi connectivity index (χ0n) is 6.20. The van der Waals surface area contributed by atoms with Crippen molar-refractivity contribution in [2.45, 2.75) is 0 Å². The first-order valence-electron chi connectivity index (χ1n) is 3.40. The molecule has 1 rings (SSSR count). The fourth-order valence-electron chi connectivity index (χ4n) is 0.752. The molecule has 0 bridgehead atoms. The maximum atomic E-state index is 5.63. The summed E-state index contributed by atoms with van der Waals surface area (Å²) in [4.78, 5) is 3.93. The van der Waals surface area contributed by atoms with Gasteiger partial charge in [-0.3, -0.25) is 4.98 Å². The van der Waals surface area contributed by atoms with Crippen molar-refractivity contribution in [1.82, 2.24) is 4.98 Å². The van der Waals surface area contributed by atoms with Gasteiger partial charge in [0.25, 0.3) is 0 Å². The maximum Gasteiger partial charge on any atom is 0.0418 e. The number of aromatic nitrogens is 1. The molecule has 1 aromatic heterocycles. The smallest absolute Gasteiger partial charge is 0.0418 e. The molecule has 0 saturated heterocycles. The molecule has 0 spiro atoms. The first-order valence-corrected chi connectivity index (χ1v) is 3.40. The van der Waals surface area contributed by atoms with E-state index in [1.54, 1.807) is 18.5 Å². The number of nitrogens with zero attached hydrogens (tertiary/aromatic N) is 1. The molecule has 3 nitrogen and oxygen atoms in total. The lowest BCUT2D eigenvalue weighted by Gasteiger charge is -1.96. The van der Waals surface area contributed by atoms with E-state index in [1.807, 2.05) is 12.2 Å². The third-order valence-corrected chi connectivity index (χ3v) is 1.32. The van der Waals surface area contributed by atoms with Crippen molar-refractivity contribution in [3.8, 4) is 0 Å². The minimum Gasteiger partial charge on any atom is -0.398 e. The highest BCUT2D eigenvalue weighted by Gasteiger charge is 1.90. The third kappa shape index (κ3) is 2.05. The molecule has 0 saturated carbocycles. The lowest BCUT2D eigenvalue weighted by Crippen LogP contribution is -1.93. The van der Waals surface area contributed by atoms with Crippen LogP contribution in [-0.2, 0) is 0 Å². The Hall–Kier alpha value is -1.35. The minimum absolute atomic E-state index is 0.522. The number of nitrogens with two attached hydrogens (primary N) is 2. The van der Waals surface area contributed by atoms with Crippen LogP contribution in [0.3, 0.4) is 0 Å². The van der Waals surface area contributed by atoms with E-state index in [0.717, 1.165) is 11.3 Å². The first-order chi connectivity index (χ1) is 5.34. The lowest BCUT2D eigenvalue weighted by molar-refractivity contribution is 1.26. The largest absolute Gasteiger partial charge is 0.398 e. The van der Waals surface area contributed by atoms with Crippen LogP contribution in [0, 0.1) is 0 Å². The molecule has 0 aromatic carbocycles. The van der Waals surface area contributed by atoms with Gasteiger partial charge in [-0.25, -0.2) is 0 Å². The average molecular weight is 149 g/mol. The Kier molecular flexibility index (Phi) is 2.63. The molecule has 0 aliphatic heterocycles. The maximum absolute atomic E-state index is 5.63. The van der Waals surface area contributed by atoms with Gasteiger partial charge in [-0.05, 0) is 6.07 Å². The third-order valence-electron chi connectivity index (χ3n) is 1.32. The summed E-state index contributed by atoms with van der Waals surface area (Å²) in [6, 6.07) is 1.76. The van der Waals surface area contributed by atoms with Crippen LogP contribution in [0.5, 0.6) is 0 Å². The molecule has 4 N–H and O–H groups in total. The molecule has 0 atom stereocenters. The second-order valence-electron chi connectivity index (χ2n) is 2.14. The Balaban J connectivity index is 2.86. The summed E-state index contributed by atoms with van der Waals surface area (Å²) in [6.07, 6.45) is 7.08. The molecular weight excluding hydrogens is 138 g/mol. The molecule has 3 heteroatoms. The van der Waals surface area contributed by atoms with Gasteiger partial charge < -0.3 is 11.5 Å². The van der Waals surface area contributed by atoms with Gasteiger partial charge in [0.2, 0.25) is 0 Å². The van der Waals surface area contributed by atoms with Crippen LogP contribution in [0.1, 0.15) is 5.56 Å². The normalized spacial score (nSPS) is 10.6. The van der Waals surface area contributed by atoms with Gasteiger partial charge >= 0.3 is 0 Å². The van der Waals surface area contributed by atoms with E-state index in [1.165, 1.54) is 0 Å². The summed E-state index contributed by atoms with van der Waals surface area (Å²) in [5.41, 5.74) is 12.5. The van der Waals surface area contributed by atoms with Gasteiger partial charge in [0.1, 0.15) is 0 Å². The first kappa shape index (κ1) is 7.75. The van der Waals surface area contributed by atoms with Gasteiger partial charge in [0.05, 0.1) is 0 Å². The number of nitrogen functional groups attached to an aromatic ring is 1. The fourth-order valence-corrected chi connectivity index (χ4v) is 0.752. The minimum atomic E-state index is 0.522. The Bertz CT molecular complexity index is 255. The average Bonchev–Trinajstić information content (AvgIpc) is 2.03. The Labute approximate surface area is 65.7 Å². The van der Waals surface area contributed by atoms with Crippen molar-refractivity contribution in [2.75, 3.05) is 12.3 Å². The molecule has 0 unspecified atom stereocenters. The van der Waals surface area contributed by atoms with Crippen molar-refractivity contribution < 1.29 is 0 Å². The highest BCUT2D eigenvalue weighted by Crippen LogP contribution is 2.09. The van der Waals surface area contributed by atoms with Crippen molar-refractivity contribution in [3.63, 3.8) is 0 Å². The van der Waals surface area contributed by atoms with Crippen LogP contribution < -0.4 is 11.5 Å². The van der Waals surface area contributed by atoms with Crippen LogP contribution in [0.15, 0.2) is 24.5 Å². The van der Waals surface area contributed by atoms with E-state index >= 15 is 0 Å². The molecule has 58 valence electrons. The van der Waals surface area contributed by atoms with Crippen LogP contribution in [0.25, 0.3) is 6.08 Å². The van der Waals surface area contributed by atoms with Crippen molar-refractivity contribution in [1.29, 1.82) is 0 Å². The van der Waals surface area contributed by atoms with Crippen LogP contribution >= 0.6 is 0 Å². The molecule has 1 aromatic rings. The Morgan fingerprint density at radius 3 is 3.00 bits per heavy atom. The van der Waals surface area contributed by atoms with E-state index in [4.69, 9.17) is 11.5 Å². The van der Waals surface area contributed by atoms with E-state index < -0.39 is 0 Å². The molecule has 0 amide bonds. The highest BCUT2D eigenvalue weighted by atomic mass is 14.7. The van der Waals surface area contributed by atoms with Crippen LogP contribution in [0.4, 0.5) is 5.69 Å². The number of hydrogen-bond acceptors (Lipinski definition) is 3. The van der Waals surface area contributed by atoms with Gasteiger partial charge in [0, 0.05) is 30.2 Å². The summed E-state index contributed by atoms with van der Waals surface area (Å²) < 4.78 is 0. The fraction of sp³-hybridized carbons (Fsp3) is 0.125. The van der Waals surface area contributed by atoms with Crippen molar-refractivity contribution in [3.05, 3.63) is 30.1 Å². The zero-order valence-corrected chi connectivity index (χ0v) is 6.20. The van der Waals surface area contributed by atoms with Gasteiger partial charge in [-0.1, -0.05) is 12.2 Å². The number of hydrogen-bond donors (Lipinski definition) is 2. The summed E-state index contributed by atoms with van der Waals surface area (Å²) in [7, 11) is 0. The standard InChI is InChI=1S/C8H11N3/c9-4-1-2-7-6-11-5-3-8(7)10/h1-3,5-6H,4,9H2,(H2,10,11). The molecule has 1 heterocycles. The lowest BCUT2D eigenvalue weighted by atomic mass is 10.2. The quantitative estimate of drug-likeness (QED) is 0.648. The van der Waals surface area contributed by atoms with E-state index in [0.29, 0.717) is 6.54 Å². The molecule has 0 radical (unpaired) electrons. The monoisotopic (exact) mass is 149 g/mol. The predicted molar refractivity (Wildman–Crippen MR) is 46.7 cm³/mol. The topological polar surface area (TPSA) is 64.9 Å². The van der Waals surface area contributed by atoms with Crippen molar-refractivity contribution in [2.24, 2.45) is 5.73 Å². The summed E-state index contributed by atoms with van der Waals surface area (Å²) in [6.45, 7) is 0.522. The molecule has 0 aliphatic rings. The summed E-state index contributed by atoms with van der Waals surface area (Å²) in [5.74, 6) is 0. The van der Waals surface area contributed by atoms with Gasteiger partial charge in [-0.15, -0.1) is 0 Å². The number of pyridine rings is 1. The number of anilines is 1. The van der Waals surface area contributed by atoms with Gasteiger partial charge in [-0.2, -0.15) is 0 Å². The van der Waals surface area contributed by atoms with Crippen LogP contribution in [-0.4, -0.2) is 11.5 Å². The SMILES string of the molecule is NCC=Cc1cnccc1N. The van der Waals surface area contributed by atoms with E-state index in [-0.39, 0.29) is 0 Å². The predicted octanol–water partition coefficient (Wildman–Crippen LogP) is 0.636. The zero-order chi connectivity index (χ0) is 8.10.